The maximum Gasteiger partial charge on any atom is 0.276 e. The number of nitrogens with two attached hydrogens (primary N) is 1. The van der Waals surface area contributed by atoms with Crippen molar-refractivity contribution in [3.05, 3.63) is 39.5 Å². The summed E-state index contributed by atoms with van der Waals surface area (Å²) in [5, 5.41) is 5.37. The number of hydrogen-bond acceptors (Lipinski definition) is 5. The number of aryl methyl sites for hydroxylation is 2. The molecule has 0 saturated heterocycles. The Hall–Kier alpha value is -1.79. The van der Waals surface area contributed by atoms with Crippen molar-refractivity contribution in [1.82, 2.24) is 9.97 Å². The van der Waals surface area contributed by atoms with Crippen LogP contribution >= 0.6 is 11.3 Å². The molecule has 5 nitrogen and oxygen atoms in total. The van der Waals surface area contributed by atoms with E-state index in [0.29, 0.717) is 24.5 Å². The number of carbonyl (C=O) groups excluding carboxylic acids is 1. The number of nitrogens with one attached hydrogen (secondary N) is 1. The van der Waals surface area contributed by atoms with Gasteiger partial charge in [0.1, 0.15) is 11.5 Å². The Morgan fingerprint density at radius 2 is 2.16 bits per heavy atom. The third kappa shape index (κ3) is 3.59. The third-order valence-corrected chi connectivity index (χ3v) is 3.39. The molecule has 2 rings (SSSR count). The van der Waals surface area contributed by atoms with Gasteiger partial charge in [-0.15, -0.1) is 11.3 Å². The number of pyridine rings is 1. The summed E-state index contributed by atoms with van der Waals surface area (Å²) in [6.45, 7) is 4.39. The lowest BCUT2D eigenvalue weighted by Gasteiger charge is -2.04. The molecule has 2 heterocycles. The summed E-state index contributed by atoms with van der Waals surface area (Å²) in [5.41, 5.74) is 7.80. The number of rotatable bonds is 4. The van der Waals surface area contributed by atoms with E-state index >= 15 is 0 Å². The molecule has 19 heavy (non-hydrogen) atoms. The second kappa shape index (κ2) is 5.90. The average molecular weight is 276 g/mol. The van der Waals surface area contributed by atoms with Crippen molar-refractivity contribution < 1.29 is 4.79 Å². The second-order valence-electron chi connectivity index (χ2n) is 4.29. The van der Waals surface area contributed by atoms with Gasteiger partial charge in [-0.25, -0.2) is 9.97 Å². The Labute approximate surface area is 115 Å². The van der Waals surface area contributed by atoms with Crippen LogP contribution in [-0.4, -0.2) is 22.4 Å². The highest BCUT2D eigenvalue weighted by Crippen LogP contribution is 2.13. The molecule has 2 aromatic heterocycles. The van der Waals surface area contributed by atoms with Gasteiger partial charge >= 0.3 is 0 Å². The minimum Gasteiger partial charge on any atom is -0.330 e. The van der Waals surface area contributed by atoms with Crippen molar-refractivity contribution in [3.63, 3.8) is 0 Å². The van der Waals surface area contributed by atoms with Crippen molar-refractivity contribution in [2.24, 2.45) is 5.73 Å². The normalized spacial score (nSPS) is 10.5. The molecule has 0 spiro atoms. The first-order valence-corrected chi connectivity index (χ1v) is 6.87. The third-order valence-electron chi connectivity index (χ3n) is 2.48. The van der Waals surface area contributed by atoms with Crippen LogP contribution in [0.5, 0.6) is 0 Å². The zero-order valence-corrected chi connectivity index (χ0v) is 11.8. The molecule has 0 aliphatic heterocycles. The van der Waals surface area contributed by atoms with Crippen molar-refractivity contribution in [2.45, 2.75) is 20.3 Å². The average Bonchev–Trinajstić information content (AvgIpc) is 2.76. The highest BCUT2D eigenvalue weighted by atomic mass is 32.1. The lowest BCUT2D eigenvalue weighted by molar-refractivity contribution is 0.102. The largest absolute Gasteiger partial charge is 0.330 e. The summed E-state index contributed by atoms with van der Waals surface area (Å²) in [6, 6.07) is 3.79. The van der Waals surface area contributed by atoms with E-state index in [2.05, 4.69) is 15.3 Å². The van der Waals surface area contributed by atoms with Crippen LogP contribution in [0.4, 0.5) is 5.82 Å². The van der Waals surface area contributed by atoms with Crippen LogP contribution in [0.25, 0.3) is 0 Å². The molecule has 1 amide bonds. The number of nitrogens with zero attached hydrogens (tertiary/aromatic N) is 2. The summed E-state index contributed by atoms with van der Waals surface area (Å²) < 4.78 is 0. The summed E-state index contributed by atoms with van der Waals surface area (Å²) in [5.74, 6) is 0.313. The van der Waals surface area contributed by atoms with E-state index in [4.69, 9.17) is 5.73 Å². The van der Waals surface area contributed by atoms with Crippen LogP contribution in [0, 0.1) is 13.8 Å². The second-order valence-corrected chi connectivity index (χ2v) is 5.23. The Bertz CT molecular complexity index is 574. The van der Waals surface area contributed by atoms with Crippen LogP contribution in [0.15, 0.2) is 17.5 Å². The van der Waals surface area contributed by atoms with Gasteiger partial charge in [0.2, 0.25) is 0 Å². The van der Waals surface area contributed by atoms with E-state index in [1.807, 2.05) is 26.0 Å². The van der Waals surface area contributed by atoms with Crippen LogP contribution in [0.3, 0.4) is 0 Å². The molecule has 0 aromatic carbocycles. The van der Waals surface area contributed by atoms with Gasteiger partial charge in [-0.3, -0.25) is 4.79 Å². The number of hydrogen-bond donors (Lipinski definition) is 2. The molecule has 0 saturated carbocycles. The van der Waals surface area contributed by atoms with Crippen LogP contribution in [0.2, 0.25) is 0 Å². The molecule has 0 aliphatic rings. The monoisotopic (exact) mass is 276 g/mol. The van der Waals surface area contributed by atoms with Crippen molar-refractivity contribution in [2.75, 3.05) is 11.9 Å². The van der Waals surface area contributed by atoms with Gasteiger partial charge < -0.3 is 11.1 Å². The summed E-state index contributed by atoms with van der Waals surface area (Å²) in [7, 11) is 0. The molecule has 0 fully saturated rings. The maximum atomic E-state index is 12.0. The molecular weight excluding hydrogens is 260 g/mol. The van der Waals surface area contributed by atoms with Gasteiger partial charge in [0.25, 0.3) is 5.91 Å². The van der Waals surface area contributed by atoms with Gasteiger partial charge in [0, 0.05) is 17.5 Å². The van der Waals surface area contributed by atoms with E-state index in [0.717, 1.165) is 16.3 Å². The fourth-order valence-electron chi connectivity index (χ4n) is 1.74. The van der Waals surface area contributed by atoms with Gasteiger partial charge in [0.05, 0.1) is 5.01 Å². The van der Waals surface area contributed by atoms with Crippen molar-refractivity contribution in [3.8, 4) is 0 Å². The number of aromatic nitrogens is 2. The SMILES string of the molecule is Cc1cc(C)nc(NC(=O)c2csc(CCN)n2)c1. The quantitative estimate of drug-likeness (QED) is 0.893. The number of carbonyl (C=O) groups is 1. The van der Waals surface area contributed by atoms with Gasteiger partial charge in [-0.05, 0) is 38.1 Å². The molecular formula is C13H16N4OS. The molecule has 0 aliphatic carbocycles. The van der Waals surface area contributed by atoms with Gasteiger partial charge in [-0.2, -0.15) is 0 Å². The Morgan fingerprint density at radius 1 is 1.37 bits per heavy atom. The summed E-state index contributed by atoms with van der Waals surface area (Å²) >= 11 is 1.45. The summed E-state index contributed by atoms with van der Waals surface area (Å²) in [4.78, 5) is 20.5. The standard InChI is InChI=1S/C13H16N4OS/c1-8-5-9(2)15-11(6-8)17-13(18)10-7-19-12(16-10)3-4-14/h5-7H,3-4,14H2,1-2H3,(H,15,17,18). The molecule has 3 N–H and O–H groups in total. The predicted octanol–water partition coefficient (Wildman–Crippen LogP) is 1.91. The lowest BCUT2D eigenvalue weighted by Crippen LogP contribution is -2.14. The fraction of sp³-hybridized carbons (Fsp3) is 0.308. The lowest BCUT2D eigenvalue weighted by atomic mass is 10.2. The Kier molecular flexibility index (Phi) is 4.24. The van der Waals surface area contributed by atoms with Crippen LogP contribution in [0.1, 0.15) is 26.8 Å². The van der Waals surface area contributed by atoms with Gasteiger partial charge in [-0.1, -0.05) is 0 Å². The fourth-order valence-corrected chi connectivity index (χ4v) is 2.53. The van der Waals surface area contributed by atoms with E-state index in [1.165, 1.54) is 11.3 Å². The molecule has 0 bridgehead atoms. The topological polar surface area (TPSA) is 80.9 Å². The predicted molar refractivity (Wildman–Crippen MR) is 76.5 cm³/mol. The van der Waals surface area contributed by atoms with Crippen molar-refractivity contribution >= 4 is 23.1 Å². The molecule has 0 unspecified atom stereocenters. The highest BCUT2D eigenvalue weighted by Gasteiger charge is 2.11. The first-order chi connectivity index (χ1) is 9.08. The Morgan fingerprint density at radius 3 is 2.84 bits per heavy atom. The van der Waals surface area contributed by atoms with Crippen molar-refractivity contribution in [1.29, 1.82) is 0 Å². The zero-order chi connectivity index (χ0) is 13.8. The molecule has 0 radical (unpaired) electrons. The van der Waals surface area contributed by atoms with E-state index in [1.54, 1.807) is 5.38 Å². The maximum absolute atomic E-state index is 12.0. The van der Waals surface area contributed by atoms with E-state index in [9.17, 15) is 4.79 Å². The molecule has 2 aromatic rings. The summed E-state index contributed by atoms with van der Waals surface area (Å²) in [6.07, 6.45) is 0.694. The van der Waals surface area contributed by atoms with Gasteiger partial charge in [0.15, 0.2) is 0 Å². The minimum atomic E-state index is -0.239. The van der Waals surface area contributed by atoms with E-state index in [-0.39, 0.29) is 5.91 Å². The van der Waals surface area contributed by atoms with Crippen LogP contribution in [-0.2, 0) is 6.42 Å². The zero-order valence-electron chi connectivity index (χ0n) is 10.9. The first kappa shape index (κ1) is 13.6. The molecule has 6 heteroatoms. The Balaban J connectivity index is 2.11. The highest BCUT2D eigenvalue weighted by molar-refractivity contribution is 7.09. The van der Waals surface area contributed by atoms with Crippen LogP contribution < -0.4 is 11.1 Å². The van der Waals surface area contributed by atoms with E-state index < -0.39 is 0 Å². The smallest absolute Gasteiger partial charge is 0.276 e. The molecule has 0 atom stereocenters. The number of thiazole rings is 1. The number of amides is 1. The number of anilines is 1. The minimum absolute atomic E-state index is 0.239. The molecule has 100 valence electrons. The first-order valence-electron chi connectivity index (χ1n) is 5.99.